The highest BCUT2D eigenvalue weighted by atomic mass is 16.7. The van der Waals surface area contributed by atoms with Gasteiger partial charge in [-0.25, -0.2) is 4.79 Å². The van der Waals surface area contributed by atoms with Gasteiger partial charge in [0.2, 0.25) is 0 Å². The molecule has 1 aliphatic rings. The fourth-order valence-corrected chi connectivity index (χ4v) is 3.07. The van der Waals surface area contributed by atoms with Crippen molar-refractivity contribution in [2.24, 2.45) is 10.8 Å². The Morgan fingerprint density at radius 1 is 1.04 bits per heavy atom. The monoisotopic (exact) mass is 328 g/mol. The first kappa shape index (κ1) is 19.9. The topological polar surface area (TPSA) is 61.8 Å². The summed E-state index contributed by atoms with van der Waals surface area (Å²) in [5.41, 5.74) is -1.68. The average Bonchev–Trinajstić information content (AvgIpc) is 2.47. The molecule has 1 saturated carbocycles. The highest BCUT2D eigenvalue weighted by Gasteiger charge is 2.49. The lowest BCUT2D eigenvalue weighted by molar-refractivity contribution is -0.163. The van der Waals surface area contributed by atoms with E-state index < -0.39 is 23.1 Å². The van der Waals surface area contributed by atoms with Crippen LogP contribution in [0, 0.1) is 10.8 Å². The smallest absolute Gasteiger partial charge is 0.427 e. The van der Waals surface area contributed by atoms with Gasteiger partial charge in [-0.3, -0.25) is 4.79 Å². The maximum Gasteiger partial charge on any atom is 0.516 e. The SMILES string of the molecule is CCC(C)(C)C(=O)OC(=O)OC1(C(C)(C)COC)CCCCC1. The van der Waals surface area contributed by atoms with Gasteiger partial charge in [-0.1, -0.05) is 27.2 Å². The standard InChI is InChI=1S/C18H32O5/c1-7-16(2,3)14(19)22-15(20)23-18(11-9-8-10-12-18)17(4,5)13-21-6/h7-13H2,1-6H3. The van der Waals surface area contributed by atoms with E-state index in [-0.39, 0.29) is 5.41 Å². The minimum Gasteiger partial charge on any atom is -0.427 e. The van der Waals surface area contributed by atoms with Gasteiger partial charge >= 0.3 is 12.1 Å². The van der Waals surface area contributed by atoms with E-state index in [1.165, 1.54) is 0 Å². The van der Waals surface area contributed by atoms with E-state index in [2.05, 4.69) is 0 Å². The zero-order valence-electron chi connectivity index (χ0n) is 15.5. The third-order valence-electron chi connectivity index (χ3n) is 5.29. The fraction of sp³-hybridized carbons (Fsp3) is 0.889. The maximum absolute atomic E-state index is 12.2. The van der Waals surface area contributed by atoms with Gasteiger partial charge < -0.3 is 14.2 Å². The van der Waals surface area contributed by atoms with Crippen LogP contribution in [0.1, 0.15) is 73.1 Å². The van der Waals surface area contributed by atoms with Gasteiger partial charge in [0.1, 0.15) is 5.60 Å². The summed E-state index contributed by atoms with van der Waals surface area (Å²) < 4.78 is 16.0. The van der Waals surface area contributed by atoms with E-state index in [1.807, 2.05) is 20.8 Å². The number of carbonyl (C=O) groups excluding carboxylic acids is 2. The van der Waals surface area contributed by atoms with Gasteiger partial charge in [0.05, 0.1) is 12.0 Å². The van der Waals surface area contributed by atoms with Crippen molar-refractivity contribution in [2.75, 3.05) is 13.7 Å². The minimum absolute atomic E-state index is 0.343. The number of hydrogen-bond acceptors (Lipinski definition) is 5. The molecule has 0 aromatic heterocycles. The largest absolute Gasteiger partial charge is 0.516 e. The zero-order valence-corrected chi connectivity index (χ0v) is 15.5. The van der Waals surface area contributed by atoms with E-state index in [4.69, 9.17) is 14.2 Å². The molecule has 23 heavy (non-hydrogen) atoms. The number of esters is 1. The molecule has 0 atom stereocenters. The van der Waals surface area contributed by atoms with E-state index in [0.29, 0.717) is 13.0 Å². The van der Waals surface area contributed by atoms with E-state index in [0.717, 1.165) is 32.1 Å². The van der Waals surface area contributed by atoms with Crippen LogP contribution in [0.5, 0.6) is 0 Å². The summed E-state index contributed by atoms with van der Waals surface area (Å²) in [6.45, 7) is 9.95. The van der Waals surface area contributed by atoms with Gasteiger partial charge in [0, 0.05) is 12.5 Å². The molecule has 0 radical (unpaired) electrons. The molecule has 0 aromatic rings. The number of rotatable bonds is 6. The summed E-state index contributed by atoms with van der Waals surface area (Å²) in [5.74, 6) is -0.541. The number of methoxy groups -OCH3 is 1. The molecule has 1 rings (SSSR count). The van der Waals surface area contributed by atoms with Crippen LogP contribution < -0.4 is 0 Å². The molecule has 5 heteroatoms. The van der Waals surface area contributed by atoms with Gasteiger partial charge in [0.15, 0.2) is 0 Å². The third-order valence-corrected chi connectivity index (χ3v) is 5.29. The van der Waals surface area contributed by atoms with Crippen LogP contribution in [0.15, 0.2) is 0 Å². The van der Waals surface area contributed by atoms with Crippen LogP contribution in [0.2, 0.25) is 0 Å². The van der Waals surface area contributed by atoms with Crippen molar-refractivity contribution in [1.29, 1.82) is 0 Å². The van der Waals surface area contributed by atoms with Crippen molar-refractivity contribution in [3.63, 3.8) is 0 Å². The number of carbonyl (C=O) groups is 2. The van der Waals surface area contributed by atoms with Crippen molar-refractivity contribution < 1.29 is 23.8 Å². The average molecular weight is 328 g/mol. The molecule has 0 bridgehead atoms. The molecule has 1 aliphatic carbocycles. The first-order valence-corrected chi connectivity index (χ1v) is 8.54. The van der Waals surface area contributed by atoms with Crippen molar-refractivity contribution in [2.45, 2.75) is 78.7 Å². The molecule has 0 unspecified atom stereocenters. The maximum atomic E-state index is 12.2. The Bertz CT molecular complexity index is 419. The van der Waals surface area contributed by atoms with Crippen molar-refractivity contribution in [3.8, 4) is 0 Å². The second kappa shape index (κ2) is 7.65. The zero-order chi connectivity index (χ0) is 17.7. The first-order valence-electron chi connectivity index (χ1n) is 8.54. The second-order valence-electron chi connectivity index (χ2n) is 7.85. The molecule has 0 aromatic carbocycles. The van der Waals surface area contributed by atoms with Crippen LogP contribution >= 0.6 is 0 Å². The minimum atomic E-state index is -0.886. The molecule has 5 nitrogen and oxygen atoms in total. The molecule has 0 N–H and O–H groups in total. The highest BCUT2D eigenvalue weighted by Crippen LogP contribution is 2.45. The molecule has 0 heterocycles. The van der Waals surface area contributed by atoms with Crippen molar-refractivity contribution >= 4 is 12.1 Å². The molecule has 1 fully saturated rings. The Kier molecular flexibility index (Phi) is 6.63. The van der Waals surface area contributed by atoms with Gasteiger partial charge in [-0.15, -0.1) is 0 Å². The predicted molar refractivity (Wildman–Crippen MR) is 88.1 cm³/mol. The number of ether oxygens (including phenoxy) is 3. The van der Waals surface area contributed by atoms with Gasteiger partial charge in [-0.2, -0.15) is 0 Å². The van der Waals surface area contributed by atoms with Crippen LogP contribution in [0.4, 0.5) is 4.79 Å². The van der Waals surface area contributed by atoms with Crippen LogP contribution in [-0.4, -0.2) is 31.4 Å². The van der Waals surface area contributed by atoms with E-state index in [9.17, 15) is 9.59 Å². The Hall–Kier alpha value is -1.10. The van der Waals surface area contributed by atoms with Gasteiger partial charge in [-0.05, 0) is 46.0 Å². The molecular weight excluding hydrogens is 296 g/mol. The first-order chi connectivity index (χ1) is 10.6. The molecule has 134 valence electrons. The second-order valence-corrected chi connectivity index (χ2v) is 7.85. The molecule has 0 spiro atoms. The molecule has 0 saturated heterocycles. The lowest BCUT2D eigenvalue weighted by Crippen LogP contribution is -2.52. The lowest BCUT2D eigenvalue weighted by atomic mass is 9.67. The predicted octanol–water partition coefficient (Wildman–Crippen LogP) is 4.48. The Morgan fingerprint density at radius 3 is 2.09 bits per heavy atom. The fourth-order valence-electron chi connectivity index (χ4n) is 3.07. The Labute approximate surface area is 140 Å². The van der Waals surface area contributed by atoms with Gasteiger partial charge in [0.25, 0.3) is 0 Å². The van der Waals surface area contributed by atoms with E-state index in [1.54, 1.807) is 21.0 Å². The summed E-state index contributed by atoms with van der Waals surface area (Å²) >= 11 is 0. The van der Waals surface area contributed by atoms with E-state index >= 15 is 0 Å². The van der Waals surface area contributed by atoms with Crippen LogP contribution in [0.3, 0.4) is 0 Å². The lowest BCUT2D eigenvalue weighted by Gasteiger charge is -2.47. The molecule has 0 aliphatic heterocycles. The van der Waals surface area contributed by atoms with Crippen LogP contribution in [-0.2, 0) is 19.0 Å². The summed E-state index contributed by atoms with van der Waals surface area (Å²) in [5, 5.41) is 0. The van der Waals surface area contributed by atoms with Crippen LogP contribution in [0.25, 0.3) is 0 Å². The highest BCUT2D eigenvalue weighted by molar-refractivity contribution is 5.85. The molecule has 0 amide bonds. The normalized spacial score (nSPS) is 18.3. The van der Waals surface area contributed by atoms with Crippen molar-refractivity contribution in [3.05, 3.63) is 0 Å². The third kappa shape index (κ3) is 4.69. The summed E-state index contributed by atoms with van der Waals surface area (Å²) in [6, 6.07) is 0. The quantitative estimate of drug-likeness (QED) is 0.531. The number of hydrogen-bond donors (Lipinski definition) is 0. The summed E-state index contributed by atoms with van der Waals surface area (Å²) in [6.07, 6.45) is 4.37. The Balaban J connectivity index is 2.86. The van der Waals surface area contributed by atoms with Crippen molar-refractivity contribution in [1.82, 2.24) is 0 Å². The summed E-state index contributed by atoms with van der Waals surface area (Å²) in [7, 11) is 1.64. The molecular formula is C18H32O5. The Morgan fingerprint density at radius 2 is 1.61 bits per heavy atom. The summed E-state index contributed by atoms with van der Waals surface area (Å²) in [4.78, 5) is 24.3.